The SMILES string of the molecule is C=C/C=C\c1cn[nH]c1C. The van der Waals surface area contributed by atoms with E-state index in [9.17, 15) is 0 Å². The van der Waals surface area contributed by atoms with Gasteiger partial charge in [-0.25, -0.2) is 0 Å². The highest BCUT2D eigenvalue weighted by molar-refractivity contribution is 5.51. The molecule has 1 heterocycles. The summed E-state index contributed by atoms with van der Waals surface area (Å²) in [5.74, 6) is 0. The molecule has 0 unspecified atom stereocenters. The van der Waals surface area contributed by atoms with Gasteiger partial charge in [0.25, 0.3) is 0 Å². The normalized spacial score (nSPS) is 10.5. The molecule has 2 nitrogen and oxygen atoms in total. The third-order valence-electron chi connectivity index (χ3n) is 1.28. The third-order valence-corrected chi connectivity index (χ3v) is 1.28. The largest absolute Gasteiger partial charge is 0.282 e. The zero-order chi connectivity index (χ0) is 7.40. The van der Waals surface area contributed by atoms with Gasteiger partial charge < -0.3 is 0 Å². The number of aromatic amines is 1. The lowest BCUT2D eigenvalue weighted by Crippen LogP contribution is -1.72. The fourth-order valence-corrected chi connectivity index (χ4v) is 0.700. The van der Waals surface area contributed by atoms with Crippen LogP contribution in [0.2, 0.25) is 0 Å². The Morgan fingerprint density at radius 3 is 3.00 bits per heavy atom. The molecule has 0 aliphatic carbocycles. The standard InChI is InChI=1S/C8H10N2/c1-3-4-5-8-6-9-10-7(8)2/h3-6H,1H2,2H3,(H,9,10)/b5-4-. The first-order valence-corrected chi connectivity index (χ1v) is 3.13. The average Bonchev–Trinajstić information content (AvgIpc) is 2.31. The summed E-state index contributed by atoms with van der Waals surface area (Å²) in [6.45, 7) is 5.55. The van der Waals surface area contributed by atoms with Crippen LogP contribution in [0.25, 0.3) is 6.08 Å². The third kappa shape index (κ3) is 1.35. The van der Waals surface area contributed by atoms with Crippen LogP contribution >= 0.6 is 0 Å². The molecule has 0 aliphatic rings. The molecule has 52 valence electrons. The van der Waals surface area contributed by atoms with E-state index in [2.05, 4.69) is 16.8 Å². The lowest BCUT2D eigenvalue weighted by Gasteiger charge is -1.84. The maximum absolute atomic E-state index is 3.86. The fraction of sp³-hybridized carbons (Fsp3) is 0.125. The number of rotatable bonds is 2. The molecular formula is C8H10N2. The first-order valence-electron chi connectivity index (χ1n) is 3.13. The number of nitrogens with one attached hydrogen (secondary N) is 1. The zero-order valence-electron chi connectivity index (χ0n) is 5.96. The number of aryl methyl sites for hydroxylation is 1. The summed E-state index contributed by atoms with van der Waals surface area (Å²) in [4.78, 5) is 0. The highest BCUT2D eigenvalue weighted by Gasteiger charge is 1.91. The van der Waals surface area contributed by atoms with E-state index in [1.165, 1.54) is 0 Å². The molecule has 0 aromatic carbocycles. The van der Waals surface area contributed by atoms with Crippen LogP contribution in [0.4, 0.5) is 0 Å². The van der Waals surface area contributed by atoms with Gasteiger partial charge >= 0.3 is 0 Å². The minimum atomic E-state index is 1.08. The predicted molar refractivity (Wildman–Crippen MR) is 42.6 cm³/mol. The number of hydrogen-bond donors (Lipinski definition) is 1. The van der Waals surface area contributed by atoms with E-state index in [-0.39, 0.29) is 0 Å². The van der Waals surface area contributed by atoms with Gasteiger partial charge in [-0.3, -0.25) is 5.10 Å². The van der Waals surface area contributed by atoms with Crippen molar-refractivity contribution in [2.45, 2.75) is 6.92 Å². The van der Waals surface area contributed by atoms with Crippen LogP contribution in [-0.2, 0) is 0 Å². The van der Waals surface area contributed by atoms with E-state index >= 15 is 0 Å². The number of hydrogen-bond acceptors (Lipinski definition) is 1. The number of H-pyrrole nitrogens is 1. The predicted octanol–water partition coefficient (Wildman–Crippen LogP) is 1.92. The summed E-state index contributed by atoms with van der Waals surface area (Å²) in [5.41, 5.74) is 2.19. The van der Waals surface area contributed by atoms with E-state index in [1.54, 1.807) is 12.3 Å². The number of allylic oxidation sites excluding steroid dienone is 2. The molecule has 0 saturated carbocycles. The molecule has 0 atom stereocenters. The Morgan fingerprint density at radius 2 is 2.50 bits per heavy atom. The minimum absolute atomic E-state index is 1.08. The van der Waals surface area contributed by atoms with E-state index in [1.807, 2.05) is 19.1 Å². The summed E-state index contributed by atoms with van der Waals surface area (Å²) >= 11 is 0. The van der Waals surface area contributed by atoms with Crippen molar-refractivity contribution in [3.8, 4) is 0 Å². The fourth-order valence-electron chi connectivity index (χ4n) is 0.700. The van der Waals surface area contributed by atoms with Crippen LogP contribution in [0.3, 0.4) is 0 Å². The van der Waals surface area contributed by atoms with Crippen molar-refractivity contribution in [3.05, 3.63) is 36.2 Å². The van der Waals surface area contributed by atoms with Gasteiger partial charge in [0, 0.05) is 11.3 Å². The molecule has 1 aromatic heterocycles. The Labute approximate surface area is 60.3 Å². The van der Waals surface area contributed by atoms with Crippen LogP contribution in [0.1, 0.15) is 11.3 Å². The second-order valence-electron chi connectivity index (χ2n) is 2.05. The van der Waals surface area contributed by atoms with Gasteiger partial charge in [0.1, 0.15) is 0 Å². The van der Waals surface area contributed by atoms with Crippen LogP contribution in [0.5, 0.6) is 0 Å². The Kier molecular flexibility index (Phi) is 2.05. The highest BCUT2D eigenvalue weighted by atomic mass is 15.1. The molecular weight excluding hydrogens is 124 g/mol. The van der Waals surface area contributed by atoms with Crippen molar-refractivity contribution in [1.29, 1.82) is 0 Å². The molecule has 1 rings (SSSR count). The topological polar surface area (TPSA) is 28.7 Å². The maximum Gasteiger partial charge on any atom is 0.0562 e. The van der Waals surface area contributed by atoms with E-state index in [0.29, 0.717) is 0 Å². The molecule has 1 N–H and O–H groups in total. The van der Waals surface area contributed by atoms with Gasteiger partial charge in [-0.05, 0) is 6.92 Å². The van der Waals surface area contributed by atoms with Crippen molar-refractivity contribution >= 4 is 6.08 Å². The lowest BCUT2D eigenvalue weighted by atomic mass is 10.2. The molecule has 0 spiro atoms. The van der Waals surface area contributed by atoms with Gasteiger partial charge in [0.2, 0.25) is 0 Å². The minimum Gasteiger partial charge on any atom is -0.282 e. The molecule has 0 radical (unpaired) electrons. The van der Waals surface area contributed by atoms with Gasteiger partial charge in [-0.2, -0.15) is 5.10 Å². The van der Waals surface area contributed by atoms with Crippen molar-refractivity contribution in [2.75, 3.05) is 0 Å². The molecule has 2 heteroatoms. The van der Waals surface area contributed by atoms with Gasteiger partial charge in [0.15, 0.2) is 0 Å². The molecule has 1 aromatic rings. The zero-order valence-corrected chi connectivity index (χ0v) is 5.96. The van der Waals surface area contributed by atoms with Gasteiger partial charge in [-0.1, -0.05) is 24.8 Å². The summed E-state index contributed by atoms with van der Waals surface area (Å²) in [6.07, 6.45) is 7.38. The van der Waals surface area contributed by atoms with Gasteiger partial charge in [-0.15, -0.1) is 0 Å². The molecule has 0 fully saturated rings. The van der Waals surface area contributed by atoms with Gasteiger partial charge in [0.05, 0.1) is 6.20 Å². The molecule has 0 saturated heterocycles. The van der Waals surface area contributed by atoms with Crippen molar-refractivity contribution in [2.24, 2.45) is 0 Å². The molecule has 0 aliphatic heterocycles. The Morgan fingerprint density at radius 1 is 1.70 bits per heavy atom. The Hall–Kier alpha value is -1.31. The van der Waals surface area contributed by atoms with E-state index < -0.39 is 0 Å². The molecule has 10 heavy (non-hydrogen) atoms. The summed E-state index contributed by atoms with van der Waals surface area (Å²) in [6, 6.07) is 0. The summed E-state index contributed by atoms with van der Waals surface area (Å²) in [7, 11) is 0. The number of aromatic nitrogens is 2. The van der Waals surface area contributed by atoms with Crippen LogP contribution in [0.15, 0.2) is 24.9 Å². The lowest BCUT2D eigenvalue weighted by molar-refractivity contribution is 1.05. The van der Waals surface area contributed by atoms with Crippen LogP contribution in [0, 0.1) is 6.92 Å². The van der Waals surface area contributed by atoms with E-state index in [0.717, 1.165) is 11.3 Å². The van der Waals surface area contributed by atoms with Crippen molar-refractivity contribution < 1.29 is 0 Å². The monoisotopic (exact) mass is 134 g/mol. The Balaban J connectivity index is 2.83. The smallest absolute Gasteiger partial charge is 0.0562 e. The number of nitrogens with zero attached hydrogens (tertiary/aromatic N) is 1. The highest BCUT2D eigenvalue weighted by Crippen LogP contribution is 2.03. The average molecular weight is 134 g/mol. The van der Waals surface area contributed by atoms with E-state index in [4.69, 9.17) is 0 Å². The maximum atomic E-state index is 3.86. The van der Waals surface area contributed by atoms with Crippen molar-refractivity contribution in [1.82, 2.24) is 10.2 Å². The molecule has 0 amide bonds. The van der Waals surface area contributed by atoms with Crippen LogP contribution < -0.4 is 0 Å². The van der Waals surface area contributed by atoms with Crippen molar-refractivity contribution in [3.63, 3.8) is 0 Å². The first kappa shape index (κ1) is 6.81. The molecule has 0 bridgehead atoms. The summed E-state index contributed by atoms with van der Waals surface area (Å²) < 4.78 is 0. The summed E-state index contributed by atoms with van der Waals surface area (Å²) in [5, 5.41) is 6.71. The second-order valence-corrected chi connectivity index (χ2v) is 2.05. The Bertz CT molecular complexity index is 246. The quantitative estimate of drug-likeness (QED) is 0.615. The first-order chi connectivity index (χ1) is 4.84. The van der Waals surface area contributed by atoms with Crippen LogP contribution in [-0.4, -0.2) is 10.2 Å². The second kappa shape index (κ2) is 3.01.